The summed E-state index contributed by atoms with van der Waals surface area (Å²) >= 11 is 5.26. The largest absolute Gasteiger partial charge is 0.493 e. The maximum Gasteiger partial charge on any atom is 0.276 e. The van der Waals surface area contributed by atoms with Crippen LogP contribution in [0.3, 0.4) is 0 Å². The average Bonchev–Trinajstić information content (AvgIpc) is 2.87. The molecule has 1 aliphatic rings. The molecule has 0 spiro atoms. The SMILES string of the molecule is CCOCCCN1C(=O)C(=Cc2ccc(OCC)c(OC)c2)NC1=S. The highest BCUT2D eigenvalue weighted by Crippen LogP contribution is 2.29. The van der Waals surface area contributed by atoms with Crippen molar-refractivity contribution >= 4 is 29.3 Å². The smallest absolute Gasteiger partial charge is 0.276 e. The lowest BCUT2D eigenvalue weighted by Crippen LogP contribution is -2.32. The van der Waals surface area contributed by atoms with Gasteiger partial charge in [0, 0.05) is 19.8 Å². The average molecular weight is 364 g/mol. The summed E-state index contributed by atoms with van der Waals surface area (Å²) in [5.41, 5.74) is 1.28. The zero-order chi connectivity index (χ0) is 18.2. The molecule has 1 heterocycles. The number of rotatable bonds is 9. The van der Waals surface area contributed by atoms with Gasteiger partial charge in [0.25, 0.3) is 5.91 Å². The molecule has 2 rings (SSSR count). The number of carbonyl (C=O) groups excluding carboxylic acids is 1. The van der Waals surface area contributed by atoms with E-state index in [-0.39, 0.29) is 5.91 Å². The maximum absolute atomic E-state index is 12.5. The third-order valence-corrected chi connectivity index (χ3v) is 3.96. The van der Waals surface area contributed by atoms with Crippen LogP contribution < -0.4 is 14.8 Å². The van der Waals surface area contributed by atoms with Gasteiger partial charge < -0.3 is 19.5 Å². The predicted molar refractivity (Wildman–Crippen MR) is 101 cm³/mol. The molecule has 1 N–H and O–H groups in total. The van der Waals surface area contributed by atoms with Gasteiger partial charge in [-0.25, -0.2) is 0 Å². The number of nitrogens with one attached hydrogen (secondary N) is 1. The Morgan fingerprint density at radius 1 is 1.24 bits per heavy atom. The van der Waals surface area contributed by atoms with Crippen LogP contribution in [-0.2, 0) is 9.53 Å². The van der Waals surface area contributed by atoms with Gasteiger partial charge in [-0.1, -0.05) is 6.07 Å². The molecule has 0 aliphatic carbocycles. The third kappa shape index (κ3) is 4.93. The fraction of sp³-hybridized carbons (Fsp3) is 0.444. The first-order valence-corrected chi connectivity index (χ1v) is 8.74. The van der Waals surface area contributed by atoms with E-state index in [1.807, 2.05) is 32.0 Å². The van der Waals surface area contributed by atoms with E-state index in [1.165, 1.54) is 0 Å². The molecule has 0 saturated carbocycles. The van der Waals surface area contributed by atoms with Crippen LogP contribution in [0, 0.1) is 0 Å². The molecular formula is C18H24N2O4S. The first-order chi connectivity index (χ1) is 12.1. The van der Waals surface area contributed by atoms with Crippen molar-refractivity contribution in [3.8, 4) is 11.5 Å². The van der Waals surface area contributed by atoms with Crippen LogP contribution in [-0.4, -0.2) is 49.4 Å². The Bertz CT molecular complexity index is 660. The van der Waals surface area contributed by atoms with Gasteiger partial charge in [0.2, 0.25) is 0 Å². The van der Waals surface area contributed by atoms with Crippen LogP contribution in [0.4, 0.5) is 0 Å². The van der Waals surface area contributed by atoms with E-state index in [0.717, 1.165) is 12.0 Å². The van der Waals surface area contributed by atoms with Gasteiger partial charge in [0.05, 0.1) is 13.7 Å². The van der Waals surface area contributed by atoms with E-state index in [4.69, 9.17) is 26.4 Å². The van der Waals surface area contributed by atoms with E-state index in [1.54, 1.807) is 18.1 Å². The number of carbonyl (C=O) groups is 1. The Morgan fingerprint density at radius 2 is 2.04 bits per heavy atom. The molecule has 1 fully saturated rings. The Kier molecular flexibility index (Phi) is 7.21. The first-order valence-electron chi connectivity index (χ1n) is 8.33. The summed E-state index contributed by atoms with van der Waals surface area (Å²) in [7, 11) is 1.59. The molecule has 136 valence electrons. The van der Waals surface area contributed by atoms with Gasteiger partial charge in [-0.05, 0) is 56.3 Å². The topological polar surface area (TPSA) is 60.0 Å². The lowest BCUT2D eigenvalue weighted by molar-refractivity contribution is -0.122. The van der Waals surface area contributed by atoms with Crippen molar-refractivity contribution in [3.63, 3.8) is 0 Å². The molecule has 1 aromatic rings. The Hall–Kier alpha value is -2.12. The van der Waals surface area contributed by atoms with Gasteiger partial charge in [-0.2, -0.15) is 0 Å². The van der Waals surface area contributed by atoms with Gasteiger partial charge >= 0.3 is 0 Å². The fourth-order valence-corrected chi connectivity index (χ4v) is 2.74. The van der Waals surface area contributed by atoms with Crippen LogP contribution in [0.1, 0.15) is 25.8 Å². The second-order valence-corrected chi connectivity index (χ2v) is 5.73. The van der Waals surface area contributed by atoms with E-state index in [0.29, 0.717) is 48.7 Å². The number of amides is 1. The second-order valence-electron chi connectivity index (χ2n) is 5.34. The summed E-state index contributed by atoms with van der Waals surface area (Å²) in [6, 6.07) is 5.52. The summed E-state index contributed by atoms with van der Waals surface area (Å²) < 4.78 is 16.1. The molecule has 1 amide bonds. The second kappa shape index (κ2) is 9.39. The Labute approximate surface area is 153 Å². The molecule has 1 aliphatic heterocycles. The van der Waals surface area contributed by atoms with E-state index < -0.39 is 0 Å². The number of ether oxygens (including phenoxy) is 3. The molecule has 0 radical (unpaired) electrons. The van der Waals surface area contributed by atoms with Crippen LogP contribution in [0.25, 0.3) is 6.08 Å². The first kappa shape index (κ1) is 19.2. The molecule has 0 atom stereocenters. The van der Waals surface area contributed by atoms with Gasteiger partial charge in [0.15, 0.2) is 16.6 Å². The van der Waals surface area contributed by atoms with Crippen LogP contribution in [0.15, 0.2) is 23.9 Å². The molecule has 0 bridgehead atoms. The lowest BCUT2D eigenvalue weighted by Gasteiger charge is -2.13. The molecule has 25 heavy (non-hydrogen) atoms. The highest BCUT2D eigenvalue weighted by Gasteiger charge is 2.30. The molecule has 0 aromatic heterocycles. The minimum atomic E-state index is -0.130. The quantitative estimate of drug-likeness (QED) is 0.413. The number of thiocarbonyl (C=S) groups is 1. The number of benzene rings is 1. The number of nitrogens with zero attached hydrogens (tertiary/aromatic N) is 1. The summed E-state index contributed by atoms with van der Waals surface area (Å²) in [5.74, 6) is 1.16. The van der Waals surface area contributed by atoms with Gasteiger partial charge in [-0.3, -0.25) is 9.69 Å². The Balaban J connectivity index is 2.10. The molecular weight excluding hydrogens is 340 g/mol. The van der Waals surface area contributed by atoms with E-state index >= 15 is 0 Å². The third-order valence-electron chi connectivity index (χ3n) is 3.64. The van der Waals surface area contributed by atoms with Crippen molar-refractivity contribution in [1.82, 2.24) is 10.2 Å². The molecule has 7 heteroatoms. The maximum atomic E-state index is 12.5. The molecule has 1 aromatic carbocycles. The number of methoxy groups -OCH3 is 1. The minimum absolute atomic E-state index is 0.130. The molecule has 6 nitrogen and oxygen atoms in total. The van der Waals surface area contributed by atoms with Crippen molar-refractivity contribution in [1.29, 1.82) is 0 Å². The predicted octanol–water partition coefficient (Wildman–Crippen LogP) is 2.58. The highest BCUT2D eigenvalue weighted by molar-refractivity contribution is 7.80. The number of hydrogen-bond donors (Lipinski definition) is 1. The van der Waals surface area contributed by atoms with Gasteiger partial charge in [0.1, 0.15) is 5.70 Å². The molecule has 1 saturated heterocycles. The fourth-order valence-electron chi connectivity index (χ4n) is 2.46. The van der Waals surface area contributed by atoms with E-state index in [2.05, 4.69) is 5.32 Å². The zero-order valence-corrected chi connectivity index (χ0v) is 15.6. The van der Waals surface area contributed by atoms with Crippen molar-refractivity contribution in [3.05, 3.63) is 29.5 Å². The Morgan fingerprint density at radius 3 is 2.72 bits per heavy atom. The number of hydrogen-bond acceptors (Lipinski definition) is 5. The summed E-state index contributed by atoms with van der Waals surface area (Å²) in [6.07, 6.45) is 2.50. The highest BCUT2D eigenvalue weighted by atomic mass is 32.1. The standard InChI is InChI=1S/C18H24N2O4S/c1-4-23-10-6-9-20-17(21)14(19-18(20)25)11-13-7-8-15(24-5-2)16(12-13)22-3/h7-8,11-12H,4-6,9-10H2,1-3H3,(H,19,25). The van der Waals surface area contributed by atoms with Crippen molar-refractivity contribution in [2.24, 2.45) is 0 Å². The van der Waals surface area contributed by atoms with Crippen molar-refractivity contribution in [2.75, 3.05) is 33.5 Å². The summed E-state index contributed by atoms with van der Waals surface area (Å²) in [5, 5.41) is 3.40. The zero-order valence-electron chi connectivity index (χ0n) is 14.8. The summed E-state index contributed by atoms with van der Waals surface area (Å²) in [6.45, 7) is 6.23. The van der Waals surface area contributed by atoms with Crippen molar-refractivity contribution in [2.45, 2.75) is 20.3 Å². The monoisotopic (exact) mass is 364 g/mol. The van der Waals surface area contributed by atoms with Crippen molar-refractivity contribution < 1.29 is 19.0 Å². The lowest BCUT2D eigenvalue weighted by atomic mass is 10.1. The van der Waals surface area contributed by atoms with Gasteiger partial charge in [-0.15, -0.1) is 0 Å². The minimum Gasteiger partial charge on any atom is -0.493 e. The normalized spacial score (nSPS) is 15.6. The van der Waals surface area contributed by atoms with Crippen LogP contribution in [0.2, 0.25) is 0 Å². The van der Waals surface area contributed by atoms with Crippen LogP contribution >= 0.6 is 12.2 Å². The van der Waals surface area contributed by atoms with E-state index in [9.17, 15) is 4.79 Å². The summed E-state index contributed by atoms with van der Waals surface area (Å²) in [4.78, 5) is 14.1. The molecule has 0 unspecified atom stereocenters. The van der Waals surface area contributed by atoms with Crippen LogP contribution in [0.5, 0.6) is 11.5 Å².